The molecule has 1 N–H and O–H groups in total. The molecular weight excluding hydrogens is 366 g/mol. The van der Waals surface area contributed by atoms with Crippen LogP contribution in [0.15, 0.2) is 54.7 Å². The highest BCUT2D eigenvalue weighted by Gasteiger charge is 2.50. The smallest absolute Gasteiger partial charge is 0.272 e. The Morgan fingerprint density at radius 2 is 1.90 bits per heavy atom. The van der Waals surface area contributed by atoms with Crippen molar-refractivity contribution in [3.05, 3.63) is 71.6 Å². The first-order valence-electron chi connectivity index (χ1n) is 9.76. The molecule has 1 fully saturated rings. The van der Waals surface area contributed by atoms with Gasteiger partial charge in [-0.3, -0.25) is 14.6 Å². The summed E-state index contributed by atoms with van der Waals surface area (Å²) in [7, 11) is 1.72. The van der Waals surface area contributed by atoms with Crippen LogP contribution in [0.4, 0.5) is 0 Å². The zero-order valence-electron chi connectivity index (χ0n) is 17.0. The molecule has 2 heterocycles. The minimum atomic E-state index is -0.289. The minimum Gasteiger partial charge on any atom is -0.394 e. The Morgan fingerprint density at radius 3 is 2.45 bits per heavy atom. The largest absolute Gasteiger partial charge is 0.394 e. The molecule has 29 heavy (non-hydrogen) atoms. The summed E-state index contributed by atoms with van der Waals surface area (Å²) in [4.78, 5) is 32.3. The highest BCUT2D eigenvalue weighted by atomic mass is 16.3. The number of benzene rings is 1. The fraction of sp³-hybridized carbons (Fsp3) is 0.348. The SMILES string of the molecule is CC=Cc1ccc([C@@H]2[C@@H](CO)N(C(C)=O)[C@@H]2CN(C)C(=O)c2ccccn2)cc1. The summed E-state index contributed by atoms with van der Waals surface area (Å²) in [5, 5.41) is 9.92. The number of aromatic nitrogens is 1. The van der Waals surface area contributed by atoms with Gasteiger partial charge in [0.2, 0.25) is 5.91 Å². The van der Waals surface area contributed by atoms with E-state index in [9.17, 15) is 14.7 Å². The molecule has 6 nitrogen and oxygen atoms in total. The number of amides is 2. The second-order valence-electron chi connectivity index (χ2n) is 7.34. The van der Waals surface area contributed by atoms with Crippen molar-refractivity contribution in [2.75, 3.05) is 20.2 Å². The van der Waals surface area contributed by atoms with E-state index in [1.807, 2.05) is 43.3 Å². The molecule has 3 atom stereocenters. The lowest BCUT2D eigenvalue weighted by Gasteiger charge is -2.55. The highest BCUT2D eigenvalue weighted by molar-refractivity contribution is 5.92. The third-order valence-corrected chi connectivity index (χ3v) is 5.47. The Hall–Kier alpha value is -2.99. The standard InChI is InChI=1S/C23H27N3O3/c1-4-7-17-9-11-18(12-10-17)22-20(26(16(2)28)21(22)15-27)14-25(3)23(29)19-8-5-6-13-24-19/h4-13,20-22,27H,14-15H2,1-3H3/t20-,21-,22+/m1/s1. The summed E-state index contributed by atoms with van der Waals surface area (Å²) in [6.45, 7) is 3.72. The monoisotopic (exact) mass is 393 g/mol. The van der Waals surface area contributed by atoms with Gasteiger partial charge in [-0.2, -0.15) is 0 Å². The van der Waals surface area contributed by atoms with Crippen molar-refractivity contribution in [2.24, 2.45) is 0 Å². The van der Waals surface area contributed by atoms with Crippen molar-refractivity contribution in [3.63, 3.8) is 0 Å². The number of carbonyl (C=O) groups is 2. The van der Waals surface area contributed by atoms with Gasteiger partial charge < -0.3 is 14.9 Å². The highest BCUT2D eigenvalue weighted by Crippen LogP contribution is 2.41. The Bertz CT molecular complexity index is 880. The van der Waals surface area contributed by atoms with Crippen LogP contribution in [0.1, 0.15) is 41.4 Å². The first-order valence-corrected chi connectivity index (χ1v) is 9.76. The van der Waals surface area contributed by atoms with E-state index < -0.39 is 0 Å². The lowest BCUT2D eigenvalue weighted by molar-refractivity contribution is -0.148. The van der Waals surface area contributed by atoms with Crippen LogP contribution in [0.25, 0.3) is 6.08 Å². The van der Waals surface area contributed by atoms with Crippen LogP contribution >= 0.6 is 0 Å². The second kappa shape index (κ2) is 9.01. The number of hydrogen-bond donors (Lipinski definition) is 1. The number of aliphatic hydroxyl groups is 1. The van der Waals surface area contributed by atoms with Crippen molar-refractivity contribution in [3.8, 4) is 0 Å². The molecule has 1 aliphatic rings. The van der Waals surface area contributed by atoms with Crippen LogP contribution in [0.2, 0.25) is 0 Å². The van der Waals surface area contributed by atoms with E-state index in [0.717, 1.165) is 11.1 Å². The second-order valence-corrected chi connectivity index (χ2v) is 7.34. The van der Waals surface area contributed by atoms with Gasteiger partial charge in [0.25, 0.3) is 5.91 Å². The summed E-state index contributed by atoms with van der Waals surface area (Å²) in [5.74, 6) is -0.333. The quantitative estimate of drug-likeness (QED) is 0.819. The number of aliphatic hydroxyl groups excluding tert-OH is 1. The summed E-state index contributed by atoms with van der Waals surface area (Å²) in [6.07, 6.45) is 5.59. The zero-order valence-corrected chi connectivity index (χ0v) is 17.0. The molecule has 1 aliphatic heterocycles. The molecule has 0 bridgehead atoms. The van der Waals surface area contributed by atoms with Gasteiger partial charge in [0.05, 0.1) is 18.7 Å². The lowest BCUT2D eigenvalue weighted by Crippen LogP contribution is -2.68. The third-order valence-electron chi connectivity index (χ3n) is 5.47. The molecule has 0 radical (unpaired) electrons. The van der Waals surface area contributed by atoms with Crippen molar-refractivity contribution in [2.45, 2.75) is 31.8 Å². The molecule has 1 aromatic carbocycles. The Morgan fingerprint density at radius 1 is 1.17 bits per heavy atom. The predicted octanol–water partition coefficient (Wildman–Crippen LogP) is 2.56. The van der Waals surface area contributed by atoms with Gasteiger partial charge in [-0.25, -0.2) is 0 Å². The van der Waals surface area contributed by atoms with Gasteiger partial charge in [0, 0.05) is 32.6 Å². The van der Waals surface area contributed by atoms with E-state index in [0.29, 0.717) is 12.2 Å². The van der Waals surface area contributed by atoms with E-state index in [2.05, 4.69) is 4.98 Å². The van der Waals surface area contributed by atoms with E-state index in [-0.39, 0.29) is 36.4 Å². The fourth-order valence-electron chi connectivity index (χ4n) is 4.13. The average Bonchev–Trinajstić information content (AvgIpc) is 2.72. The van der Waals surface area contributed by atoms with Crippen LogP contribution in [-0.2, 0) is 4.79 Å². The molecule has 2 amide bonds. The van der Waals surface area contributed by atoms with Crippen molar-refractivity contribution in [1.82, 2.24) is 14.8 Å². The molecule has 6 heteroatoms. The molecule has 0 aliphatic carbocycles. The Kier molecular flexibility index (Phi) is 6.44. The number of likely N-dealkylation sites (tertiary alicyclic amines) is 1. The Labute approximate surface area is 171 Å². The maximum absolute atomic E-state index is 12.7. The minimum absolute atomic E-state index is 0.0393. The van der Waals surface area contributed by atoms with Gasteiger partial charge >= 0.3 is 0 Å². The maximum atomic E-state index is 12.7. The number of likely N-dealkylation sites (N-methyl/N-ethyl adjacent to an activating group) is 1. The van der Waals surface area contributed by atoms with Crippen LogP contribution in [0, 0.1) is 0 Å². The maximum Gasteiger partial charge on any atom is 0.272 e. The normalized spacial score (nSPS) is 21.1. The molecule has 1 saturated heterocycles. The van der Waals surface area contributed by atoms with E-state index in [4.69, 9.17) is 0 Å². The van der Waals surface area contributed by atoms with Crippen LogP contribution in [0.3, 0.4) is 0 Å². The van der Waals surface area contributed by atoms with Crippen molar-refractivity contribution < 1.29 is 14.7 Å². The summed E-state index contributed by atoms with van der Waals surface area (Å²) >= 11 is 0. The van der Waals surface area contributed by atoms with Crippen LogP contribution in [-0.4, -0.2) is 64.0 Å². The van der Waals surface area contributed by atoms with Gasteiger partial charge in [-0.15, -0.1) is 0 Å². The number of carbonyl (C=O) groups excluding carboxylic acids is 2. The molecule has 0 spiro atoms. The molecular formula is C23H27N3O3. The number of nitrogens with zero attached hydrogens (tertiary/aromatic N) is 3. The Balaban J connectivity index is 1.84. The molecule has 0 unspecified atom stereocenters. The van der Waals surface area contributed by atoms with E-state index >= 15 is 0 Å². The first-order chi connectivity index (χ1) is 14.0. The van der Waals surface area contributed by atoms with Crippen molar-refractivity contribution in [1.29, 1.82) is 0 Å². The van der Waals surface area contributed by atoms with Gasteiger partial charge in [0.1, 0.15) is 5.69 Å². The summed E-state index contributed by atoms with van der Waals surface area (Å²) in [6, 6.07) is 12.9. The lowest BCUT2D eigenvalue weighted by atomic mass is 9.74. The van der Waals surface area contributed by atoms with Gasteiger partial charge in [-0.1, -0.05) is 42.5 Å². The van der Waals surface area contributed by atoms with Crippen molar-refractivity contribution >= 4 is 17.9 Å². The number of rotatable bonds is 6. The van der Waals surface area contributed by atoms with Crippen LogP contribution in [0.5, 0.6) is 0 Å². The summed E-state index contributed by atoms with van der Waals surface area (Å²) < 4.78 is 0. The van der Waals surface area contributed by atoms with Crippen LogP contribution < -0.4 is 0 Å². The molecule has 0 saturated carbocycles. The predicted molar refractivity (Wildman–Crippen MR) is 112 cm³/mol. The van der Waals surface area contributed by atoms with Gasteiger partial charge in [0.15, 0.2) is 0 Å². The number of allylic oxidation sites excluding steroid dienone is 1. The van der Waals surface area contributed by atoms with E-state index in [1.54, 1.807) is 41.2 Å². The molecule has 2 aromatic rings. The fourth-order valence-corrected chi connectivity index (χ4v) is 4.13. The summed E-state index contributed by atoms with van der Waals surface area (Å²) in [5.41, 5.74) is 2.52. The average molecular weight is 393 g/mol. The first kappa shape index (κ1) is 20.7. The topological polar surface area (TPSA) is 73.7 Å². The molecule has 1 aromatic heterocycles. The van der Waals surface area contributed by atoms with E-state index in [1.165, 1.54) is 6.92 Å². The number of hydrogen-bond acceptors (Lipinski definition) is 4. The molecule has 152 valence electrons. The number of pyridine rings is 1. The molecule has 3 rings (SSSR count). The van der Waals surface area contributed by atoms with Gasteiger partial charge in [-0.05, 0) is 30.2 Å². The zero-order chi connectivity index (χ0) is 21.0. The third kappa shape index (κ3) is 4.22.